The van der Waals surface area contributed by atoms with Crippen LogP contribution < -0.4 is 0 Å². The highest BCUT2D eigenvalue weighted by Gasteiger charge is 2.74. The zero-order valence-electron chi connectivity index (χ0n) is 12.4. The Morgan fingerprint density at radius 3 is 1.60 bits per heavy atom. The lowest BCUT2D eigenvalue weighted by Gasteiger charge is -2.64. The first kappa shape index (κ1) is 18.0. The number of hydrogen-bond donors (Lipinski definition) is 5. The van der Waals surface area contributed by atoms with Gasteiger partial charge in [-0.25, -0.2) is 4.57 Å². The Labute approximate surface area is 117 Å². The average Bonchev–Trinajstić information content (AvgIpc) is 2.10. The van der Waals surface area contributed by atoms with E-state index in [1.54, 1.807) is 0 Å². The highest BCUT2D eigenvalue weighted by Crippen LogP contribution is 2.57. The fourth-order valence-electron chi connectivity index (χ4n) is 2.52. The molecule has 4 atom stereocenters. The number of phosphoric ester groups is 1. The number of ether oxygens (including phenoxy) is 1. The van der Waals surface area contributed by atoms with Crippen molar-refractivity contribution >= 4 is 7.82 Å². The SMILES string of the molecule is CC1(O)C(C)(O)[C@](C)(O)C(C)(C)O[C@@]1(C)OP(=O)(O)O. The minimum absolute atomic E-state index is 1.08. The van der Waals surface area contributed by atoms with E-state index < -0.39 is 36.0 Å². The average molecular weight is 314 g/mol. The molecule has 0 bridgehead atoms. The van der Waals surface area contributed by atoms with E-state index >= 15 is 0 Å². The van der Waals surface area contributed by atoms with Crippen molar-refractivity contribution in [2.75, 3.05) is 0 Å². The van der Waals surface area contributed by atoms with Crippen molar-refractivity contribution in [3.63, 3.8) is 0 Å². The molecule has 0 aliphatic carbocycles. The van der Waals surface area contributed by atoms with Gasteiger partial charge in [0.05, 0.1) is 5.60 Å². The molecule has 1 aliphatic heterocycles. The highest BCUT2D eigenvalue weighted by atomic mass is 31.2. The molecule has 8 nitrogen and oxygen atoms in total. The molecule has 20 heavy (non-hydrogen) atoms. The summed E-state index contributed by atoms with van der Waals surface area (Å²) in [7, 11) is -5.01. The molecule has 0 aromatic heterocycles. The molecule has 0 aromatic carbocycles. The van der Waals surface area contributed by atoms with Crippen molar-refractivity contribution in [1.29, 1.82) is 0 Å². The molecule has 1 aliphatic rings. The molecular formula is C11H23O8P. The van der Waals surface area contributed by atoms with Gasteiger partial charge in [-0.1, -0.05) is 0 Å². The predicted molar refractivity (Wildman–Crippen MR) is 68.6 cm³/mol. The van der Waals surface area contributed by atoms with Gasteiger partial charge in [-0.05, 0) is 41.5 Å². The van der Waals surface area contributed by atoms with Crippen molar-refractivity contribution in [3.05, 3.63) is 0 Å². The molecule has 0 aromatic rings. The molecule has 0 amide bonds. The molecule has 1 fully saturated rings. The third kappa shape index (κ3) is 2.24. The van der Waals surface area contributed by atoms with E-state index in [9.17, 15) is 19.9 Å². The summed E-state index contributed by atoms with van der Waals surface area (Å²) < 4.78 is 21.1. The summed E-state index contributed by atoms with van der Waals surface area (Å²) in [5.74, 6) is -2.23. The van der Waals surface area contributed by atoms with E-state index in [1.165, 1.54) is 20.8 Å². The second-order valence-corrected chi connectivity index (χ2v) is 7.52. The lowest BCUT2D eigenvalue weighted by atomic mass is 9.61. The molecule has 120 valence electrons. The molecule has 0 radical (unpaired) electrons. The van der Waals surface area contributed by atoms with Crippen LogP contribution in [0.15, 0.2) is 0 Å². The summed E-state index contributed by atoms with van der Waals surface area (Å²) in [6, 6.07) is 0. The summed E-state index contributed by atoms with van der Waals surface area (Å²) in [5, 5.41) is 31.6. The zero-order valence-corrected chi connectivity index (χ0v) is 13.3. The van der Waals surface area contributed by atoms with Crippen LogP contribution in [0.5, 0.6) is 0 Å². The van der Waals surface area contributed by atoms with Crippen molar-refractivity contribution in [2.24, 2.45) is 0 Å². The molecular weight excluding hydrogens is 291 g/mol. The van der Waals surface area contributed by atoms with Crippen LogP contribution in [0, 0.1) is 0 Å². The monoisotopic (exact) mass is 314 g/mol. The number of rotatable bonds is 2. The Bertz CT molecular complexity index is 449. The first-order valence-electron chi connectivity index (χ1n) is 6.05. The largest absolute Gasteiger partial charge is 0.472 e. The fraction of sp³-hybridized carbons (Fsp3) is 1.00. The quantitative estimate of drug-likeness (QED) is 0.445. The maximum absolute atomic E-state index is 11.1. The topological polar surface area (TPSA) is 137 Å². The third-order valence-corrected chi connectivity index (χ3v) is 5.28. The molecule has 1 heterocycles. The van der Waals surface area contributed by atoms with E-state index in [1.807, 2.05) is 0 Å². The molecule has 0 spiro atoms. The van der Waals surface area contributed by atoms with Crippen molar-refractivity contribution in [1.82, 2.24) is 0 Å². The summed E-state index contributed by atoms with van der Waals surface area (Å²) in [4.78, 5) is 18.0. The normalized spacial score (nSPS) is 49.1. The third-order valence-electron chi connectivity index (χ3n) is 4.70. The lowest BCUT2D eigenvalue weighted by molar-refractivity contribution is -0.437. The van der Waals surface area contributed by atoms with Crippen molar-refractivity contribution in [2.45, 2.75) is 69.7 Å². The van der Waals surface area contributed by atoms with E-state index in [0.717, 1.165) is 20.8 Å². The highest BCUT2D eigenvalue weighted by molar-refractivity contribution is 7.46. The number of phosphoric acid groups is 1. The van der Waals surface area contributed by atoms with Crippen LogP contribution in [0.1, 0.15) is 41.5 Å². The first-order chi connectivity index (χ1) is 8.41. The van der Waals surface area contributed by atoms with Crippen molar-refractivity contribution < 1.29 is 38.9 Å². The van der Waals surface area contributed by atoms with Gasteiger partial charge in [0.15, 0.2) is 0 Å². The molecule has 0 saturated carbocycles. The van der Waals surface area contributed by atoms with Gasteiger partial charge in [0.2, 0.25) is 5.79 Å². The smallest absolute Gasteiger partial charge is 0.384 e. The van der Waals surface area contributed by atoms with Crippen LogP contribution >= 0.6 is 7.82 Å². The molecule has 9 heteroatoms. The number of aliphatic hydroxyl groups is 3. The summed E-state index contributed by atoms with van der Waals surface area (Å²) >= 11 is 0. The van der Waals surface area contributed by atoms with Gasteiger partial charge < -0.3 is 29.8 Å². The predicted octanol–water partition coefficient (Wildman–Crippen LogP) is -0.126. The molecule has 5 N–H and O–H groups in total. The van der Waals surface area contributed by atoms with Crippen molar-refractivity contribution in [3.8, 4) is 0 Å². The second-order valence-electron chi connectivity index (χ2n) is 6.36. The summed E-state index contributed by atoms with van der Waals surface area (Å²) in [5.41, 5.74) is -7.85. The second kappa shape index (κ2) is 4.24. The Morgan fingerprint density at radius 2 is 1.25 bits per heavy atom. The van der Waals surface area contributed by atoms with Crippen LogP contribution in [0.2, 0.25) is 0 Å². The summed E-state index contributed by atoms with van der Waals surface area (Å²) in [6.07, 6.45) is 0. The maximum Gasteiger partial charge on any atom is 0.472 e. The minimum Gasteiger partial charge on any atom is -0.384 e. The Hall–Kier alpha value is -0.0500. The van der Waals surface area contributed by atoms with Crippen LogP contribution in [0.4, 0.5) is 0 Å². The molecule has 2 unspecified atom stereocenters. The number of hydrogen-bond acceptors (Lipinski definition) is 6. The van der Waals surface area contributed by atoms with Gasteiger partial charge in [0.25, 0.3) is 0 Å². The van der Waals surface area contributed by atoms with Gasteiger partial charge >= 0.3 is 7.82 Å². The lowest BCUT2D eigenvalue weighted by Crippen LogP contribution is -2.83. The van der Waals surface area contributed by atoms with Crippen LogP contribution in [0.3, 0.4) is 0 Å². The first-order valence-corrected chi connectivity index (χ1v) is 7.58. The van der Waals surface area contributed by atoms with Crippen LogP contribution in [-0.4, -0.2) is 53.3 Å². The van der Waals surface area contributed by atoms with Crippen LogP contribution in [-0.2, 0) is 13.8 Å². The standard InChI is InChI=1S/C11H23O8P/c1-7(2)8(3,12)9(4,13)10(5,14)11(6,18-7)19-20(15,16)17/h12-14H,1-6H3,(H2,15,16,17)/t8-,9?,10?,11+/m1/s1. The fourth-order valence-corrected chi connectivity index (χ4v) is 3.19. The van der Waals surface area contributed by atoms with Gasteiger partial charge in [-0.15, -0.1) is 0 Å². The van der Waals surface area contributed by atoms with E-state index in [4.69, 9.17) is 14.5 Å². The Balaban J connectivity index is 3.48. The molecule has 1 rings (SSSR count). The van der Waals surface area contributed by atoms with Gasteiger partial charge in [-0.3, -0.25) is 4.52 Å². The van der Waals surface area contributed by atoms with E-state index in [0.29, 0.717) is 0 Å². The van der Waals surface area contributed by atoms with Gasteiger partial charge in [0.1, 0.15) is 16.8 Å². The van der Waals surface area contributed by atoms with Crippen LogP contribution in [0.25, 0.3) is 0 Å². The zero-order chi connectivity index (χ0) is 16.4. The maximum atomic E-state index is 11.1. The Morgan fingerprint density at radius 1 is 0.850 bits per heavy atom. The minimum atomic E-state index is -5.01. The van der Waals surface area contributed by atoms with E-state index in [-0.39, 0.29) is 0 Å². The van der Waals surface area contributed by atoms with Gasteiger partial charge in [-0.2, -0.15) is 0 Å². The van der Waals surface area contributed by atoms with Gasteiger partial charge in [0, 0.05) is 0 Å². The molecule has 1 saturated heterocycles. The Kier molecular flexibility index (Phi) is 3.82. The van der Waals surface area contributed by atoms with E-state index in [2.05, 4.69) is 4.52 Å². The summed E-state index contributed by atoms with van der Waals surface area (Å²) in [6.45, 7) is 7.41.